The number of carbonyl (C=O) groups excluding carboxylic acids is 4. The smallest absolute Gasteiger partial charge is 0.407 e. The van der Waals surface area contributed by atoms with Crippen molar-refractivity contribution in [3.63, 3.8) is 0 Å². The molecule has 2 N–H and O–H groups in total. The summed E-state index contributed by atoms with van der Waals surface area (Å²) in [5.74, 6) is -0.412. The van der Waals surface area contributed by atoms with Crippen molar-refractivity contribution in [2.45, 2.75) is 110 Å². The Morgan fingerprint density at radius 2 is 1.69 bits per heavy atom. The topological polar surface area (TPSA) is 119 Å². The van der Waals surface area contributed by atoms with Crippen molar-refractivity contribution in [3.05, 3.63) is 30.0 Å². The molecule has 2 aromatic rings. The van der Waals surface area contributed by atoms with Crippen molar-refractivity contribution in [1.82, 2.24) is 14.8 Å². The monoisotopic (exact) mass is 668 g/mol. The highest BCUT2D eigenvalue weighted by Crippen LogP contribution is 2.41. The van der Waals surface area contributed by atoms with Gasteiger partial charge in [-0.2, -0.15) is 0 Å². The van der Waals surface area contributed by atoms with Crippen LogP contribution in [0.3, 0.4) is 0 Å². The summed E-state index contributed by atoms with van der Waals surface area (Å²) in [5, 5.41) is 6.64. The first kappa shape index (κ1) is 35.7. The number of esters is 1. The number of nitrogens with one attached hydrogen (secondary N) is 2. The number of benzene rings is 1. The number of hydrogen-bond donors (Lipinski definition) is 2. The number of amides is 3. The number of ether oxygens (including phenoxy) is 2. The third-order valence-electron chi connectivity index (χ3n) is 10.6. The van der Waals surface area contributed by atoms with Gasteiger partial charge in [-0.1, -0.05) is 32.1 Å². The Bertz CT molecular complexity index is 1470. The van der Waals surface area contributed by atoms with Gasteiger partial charge in [0.2, 0.25) is 11.8 Å². The number of alkyl carbamates (subject to hydrolysis) is 1. The quantitative estimate of drug-likeness (QED) is 0.285. The van der Waals surface area contributed by atoms with Crippen LogP contribution in [0.25, 0.3) is 10.9 Å². The molecule has 10 nitrogen and oxygen atoms in total. The first-order valence-corrected chi connectivity index (χ1v) is 17.8. The van der Waals surface area contributed by atoms with Gasteiger partial charge in [-0.15, -0.1) is 0 Å². The molecule has 3 atom stereocenters. The van der Waals surface area contributed by atoms with E-state index in [0.717, 1.165) is 43.0 Å². The van der Waals surface area contributed by atoms with Crippen molar-refractivity contribution in [2.75, 3.05) is 25.1 Å². The van der Waals surface area contributed by atoms with E-state index in [2.05, 4.69) is 10.6 Å². The average Bonchev–Trinajstić information content (AvgIpc) is 3.65. The number of anilines is 1. The number of halogens is 1. The molecule has 1 aromatic heterocycles. The average molecular weight is 669 g/mol. The Labute approximate surface area is 283 Å². The number of likely N-dealkylation sites (tertiary alicyclic amines) is 1. The second-order valence-corrected chi connectivity index (χ2v) is 14.9. The van der Waals surface area contributed by atoms with E-state index in [1.807, 2.05) is 30.1 Å². The van der Waals surface area contributed by atoms with Crippen LogP contribution in [0.5, 0.6) is 0 Å². The molecule has 5 rings (SSSR count). The van der Waals surface area contributed by atoms with Gasteiger partial charge in [0, 0.05) is 36.1 Å². The highest BCUT2D eigenvalue weighted by Gasteiger charge is 2.47. The second kappa shape index (κ2) is 15.3. The molecular formula is C37H53FN4O6. The predicted molar refractivity (Wildman–Crippen MR) is 182 cm³/mol. The summed E-state index contributed by atoms with van der Waals surface area (Å²) in [5.41, 5.74) is 1.23. The summed E-state index contributed by atoms with van der Waals surface area (Å²) in [4.78, 5) is 54.9. The van der Waals surface area contributed by atoms with Crippen molar-refractivity contribution in [2.24, 2.45) is 30.7 Å². The fourth-order valence-corrected chi connectivity index (χ4v) is 8.24. The van der Waals surface area contributed by atoms with Crippen LogP contribution in [0, 0.1) is 23.7 Å². The summed E-state index contributed by atoms with van der Waals surface area (Å²) in [6.45, 7) is 7.21. The Balaban J connectivity index is 1.29. The molecule has 2 aliphatic carbocycles. The van der Waals surface area contributed by atoms with Gasteiger partial charge in [0.15, 0.2) is 0 Å². The molecule has 2 heterocycles. The van der Waals surface area contributed by atoms with Gasteiger partial charge in [-0.05, 0) is 102 Å². The normalized spacial score (nSPS) is 24.2. The molecule has 1 unspecified atom stereocenters. The van der Waals surface area contributed by atoms with Crippen LogP contribution in [-0.2, 0) is 26.1 Å². The summed E-state index contributed by atoms with van der Waals surface area (Å²) in [6.07, 6.45) is 8.21. The summed E-state index contributed by atoms with van der Waals surface area (Å²) in [6, 6.07) is 6.12. The molecule has 0 spiro atoms. The summed E-state index contributed by atoms with van der Waals surface area (Å²) < 4.78 is 26.4. The van der Waals surface area contributed by atoms with Crippen LogP contribution < -0.4 is 10.6 Å². The number of rotatable bonds is 9. The van der Waals surface area contributed by atoms with E-state index >= 15 is 0 Å². The van der Waals surface area contributed by atoms with Crippen molar-refractivity contribution in [3.8, 4) is 0 Å². The number of nitrogens with zero attached hydrogens (tertiary/aromatic N) is 2. The van der Waals surface area contributed by atoms with Crippen LogP contribution in [-0.4, -0.2) is 70.9 Å². The van der Waals surface area contributed by atoms with Gasteiger partial charge in [0.05, 0.1) is 12.6 Å². The standard InChI is InChI=1S/C37H53FN4O6/c1-6-47-35(45)31-21-26-20-27(16-17-30(26)41(31)5)39-33(43)32-28(23-10-8-7-9-11-23)18-19-42(32)34(44)25-14-12-24(13-15-25)29(22-38)40-36(46)48-37(2,3)4/h16-17,20-21,23-25,28-29,32H,6-15,18-19,22H2,1-5H3,(H,39,43)(H,40,46)/t24-,25-,28-,29?,32-/m0/s1. The van der Waals surface area contributed by atoms with E-state index in [-0.39, 0.29) is 36.2 Å². The molecule has 3 fully saturated rings. The van der Waals surface area contributed by atoms with E-state index in [1.54, 1.807) is 38.3 Å². The maximum absolute atomic E-state index is 14.2. The number of hydrogen-bond acceptors (Lipinski definition) is 6. The Morgan fingerprint density at radius 3 is 2.33 bits per heavy atom. The van der Waals surface area contributed by atoms with Gasteiger partial charge < -0.3 is 29.6 Å². The molecule has 3 amide bonds. The zero-order chi connectivity index (χ0) is 34.6. The fraction of sp³-hybridized carbons (Fsp3) is 0.676. The Hall–Kier alpha value is -3.63. The molecule has 1 saturated heterocycles. The number of alkyl halides is 1. The van der Waals surface area contributed by atoms with Crippen LogP contribution >= 0.6 is 0 Å². The van der Waals surface area contributed by atoms with Gasteiger partial charge in [-0.3, -0.25) is 9.59 Å². The largest absolute Gasteiger partial charge is 0.461 e. The molecule has 1 aliphatic heterocycles. The third-order valence-corrected chi connectivity index (χ3v) is 10.6. The Kier molecular flexibility index (Phi) is 11.4. The lowest BCUT2D eigenvalue weighted by molar-refractivity contribution is -0.142. The first-order chi connectivity index (χ1) is 22.9. The van der Waals surface area contributed by atoms with E-state index in [4.69, 9.17) is 9.47 Å². The summed E-state index contributed by atoms with van der Waals surface area (Å²) >= 11 is 0. The zero-order valence-electron chi connectivity index (χ0n) is 29.2. The van der Waals surface area contributed by atoms with Crippen LogP contribution in [0.4, 0.5) is 14.9 Å². The molecule has 0 radical (unpaired) electrons. The lowest BCUT2D eigenvalue weighted by Gasteiger charge is -2.37. The molecule has 264 valence electrons. The molecule has 2 saturated carbocycles. The van der Waals surface area contributed by atoms with Gasteiger partial charge in [0.1, 0.15) is 24.0 Å². The second-order valence-electron chi connectivity index (χ2n) is 14.9. The maximum atomic E-state index is 14.2. The lowest BCUT2D eigenvalue weighted by Crippen LogP contribution is -2.50. The van der Waals surface area contributed by atoms with Crippen LogP contribution in [0.15, 0.2) is 24.3 Å². The van der Waals surface area contributed by atoms with E-state index in [9.17, 15) is 23.6 Å². The van der Waals surface area contributed by atoms with E-state index in [0.29, 0.717) is 49.5 Å². The summed E-state index contributed by atoms with van der Waals surface area (Å²) in [7, 11) is 1.81. The predicted octanol–water partition coefficient (Wildman–Crippen LogP) is 6.76. The number of carbonyl (C=O) groups is 4. The minimum absolute atomic E-state index is 0.00130. The van der Waals surface area contributed by atoms with E-state index < -0.39 is 36.4 Å². The molecule has 48 heavy (non-hydrogen) atoms. The van der Waals surface area contributed by atoms with E-state index in [1.165, 1.54) is 6.42 Å². The van der Waals surface area contributed by atoms with Crippen molar-refractivity contribution < 1.29 is 33.0 Å². The SMILES string of the molecule is CCOC(=O)c1cc2cc(NC(=O)[C@@H]3[C@H](C4CCCCC4)CCN3C(=O)[C@H]3CC[C@H](C(CF)NC(=O)OC(C)(C)C)CC3)ccc2n1C. The van der Waals surface area contributed by atoms with Crippen LogP contribution in [0.2, 0.25) is 0 Å². The molecule has 3 aliphatic rings. The number of fused-ring (bicyclic) bond motifs is 1. The minimum atomic E-state index is -0.696. The minimum Gasteiger partial charge on any atom is -0.461 e. The third kappa shape index (κ3) is 8.14. The van der Waals surface area contributed by atoms with Crippen molar-refractivity contribution in [1.29, 1.82) is 0 Å². The fourth-order valence-electron chi connectivity index (χ4n) is 8.24. The lowest BCUT2D eigenvalue weighted by atomic mass is 9.76. The van der Waals surface area contributed by atoms with Gasteiger partial charge in [-0.25, -0.2) is 14.0 Å². The molecule has 11 heteroatoms. The zero-order valence-corrected chi connectivity index (χ0v) is 29.2. The van der Waals surface area contributed by atoms with Gasteiger partial charge >= 0.3 is 12.1 Å². The number of aromatic nitrogens is 1. The Morgan fingerprint density at radius 1 is 0.979 bits per heavy atom. The van der Waals surface area contributed by atoms with Crippen LogP contribution in [0.1, 0.15) is 102 Å². The maximum Gasteiger partial charge on any atom is 0.407 e. The molecular weight excluding hydrogens is 615 g/mol. The highest BCUT2D eigenvalue weighted by atomic mass is 19.1. The highest BCUT2D eigenvalue weighted by molar-refractivity contribution is 6.01. The van der Waals surface area contributed by atoms with Crippen molar-refractivity contribution >= 4 is 40.5 Å². The number of aryl methyl sites for hydroxylation is 1. The molecule has 0 bridgehead atoms. The molecule has 1 aromatic carbocycles. The van der Waals surface area contributed by atoms with Gasteiger partial charge in [0.25, 0.3) is 0 Å². The first-order valence-electron chi connectivity index (χ1n) is 17.8.